The first-order valence-electron chi connectivity index (χ1n) is 7.94. The Bertz CT molecular complexity index is 498. The first-order valence-corrected chi connectivity index (χ1v) is 7.94. The lowest BCUT2D eigenvalue weighted by atomic mass is 9.88. The van der Waals surface area contributed by atoms with Crippen molar-refractivity contribution in [3.8, 4) is 0 Å². The first-order chi connectivity index (χ1) is 10.8. The van der Waals surface area contributed by atoms with Gasteiger partial charge in [0, 0.05) is 44.2 Å². The second-order valence-corrected chi connectivity index (χ2v) is 6.12. The van der Waals surface area contributed by atoms with Gasteiger partial charge in [0.1, 0.15) is 6.33 Å². The van der Waals surface area contributed by atoms with E-state index in [-0.39, 0.29) is 12.5 Å². The van der Waals surface area contributed by atoms with Crippen LogP contribution < -0.4 is 10.9 Å². The number of carbonyl (C=O) groups excluding carboxylic acids is 1. The lowest BCUT2D eigenvalue weighted by Gasteiger charge is -2.35. The van der Waals surface area contributed by atoms with E-state index in [1.165, 1.54) is 6.33 Å². The van der Waals surface area contributed by atoms with Crippen LogP contribution in [0.4, 0.5) is 0 Å². The predicted molar refractivity (Wildman–Crippen MR) is 80.8 cm³/mol. The molecule has 3 N–H and O–H groups in total. The molecular formula is C15H23N5O2. The van der Waals surface area contributed by atoms with Crippen molar-refractivity contribution < 1.29 is 9.90 Å². The molecule has 7 heteroatoms. The molecule has 22 heavy (non-hydrogen) atoms. The van der Waals surface area contributed by atoms with Crippen LogP contribution in [0.25, 0.3) is 0 Å². The number of carbonyl (C=O) groups is 1. The van der Waals surface area contributed by atoms with E-state index in [9.17, 15) is 4.79 Å². The number of hydrogen-bond acceptors (Lipinski definition) is 6. The zero-order valence-electron chi connectivity index (χ0n) is 12.6. The van der Waals surface area contributed by atoms with Crippen molar-refractivity contribution in [3.05, 3.63) is 24.3 Å². The Labute approximate surface area is 130 Å². The number of hydrazine groups is 1. The van der Waals surface area contributed by atoms with Gasteiger partial charge in [-0.1, -0.05) is 0 Å². The van der Waals surface area contributed by atoms with Gasteiger partial charge >= 0.3 is 0 Å². The van der Waals surface area contributed by atoms with Crippen LogP contribution in [0.1, 0.15) is 36.0 Å². The Morgan fingerprint density at radius 1 is 1.36 bits per heavy atom. The number of aliphatic hydroxyl groups excluding tert-OH is 1. The molecule has 0 saturated carbocycles. The van der Waals surface area contributed by atoms with Crippen LogP contribution >= 0.6 is 0 Å². The molecule has 1 amide bonds. The minimum absolute atomic E-state index is 0.0168. The summed E-state index contributed by atoms with van der Waals surface area (Å²) in [4.78, 5) is 22.3. The number of aromatic nitrogens is 2. The first kappa shape index (κ1) is 15.3. The Kier molecular flexibility index (Phi) is 4.97. The summed E-state index contributed by atoms with van der Waals surface area (Å²) in [7, 11) is 0. The maximum absolute atomic E-state index is 12.5. The Morgan fingerprint density at radius 2 is 2.18 bits per heavy atom. The zero-order valence-corrected chi connectivity index (χ0v) is 12.6. The highest BCUT2D eigenvalue weighted by molar-refractivity contribution is 5.93. The lowest BCUT2D eigenvalue weighted by Crippen LogP contribution is -2.47. The van der Waals surface area contributed by atoms with Crippen LogP contribution in [-0.2, 0) is 0 Å². The fourth-order valence-corrected chi connectivity index (χ4v) is 3.42. The number of piperidine rings is 1. The molecule has 0 aliphatic carbocycles. The maximum atomic E-state index is 12.5. The zero-order chi connectivity index (χ0) is 15.4. The minimum atomic E-state index is 0.0168. The van der Waals surface area contributed by atoms with E-state index in [0.29, 0.717) is 23.6 Å². The highest BCUT2D eigenvalue weighted by Crippen LogP contribution is 2.25. The molecule has 0 radical (unpaired) electrons. The smallest absolute Gasteiger partial charge is 0.257 e. The molecule has 2 aliphatic rings. The third-order valence-corrected chi connectivity index (χ3v) is 4.61. The number of nitrogens with zero attached hydrogens (tertiary/aromatic N) is 3. The minimum Gasteiger partial charge on any atom is -0.396 e. The summed E-state index contributed by atoms with van der Waals surface area (Å²) in [6.45, 7) is 1.76. The fourth-order valence-electron chi connectivity index (χ4n) is 3.42. The Hall–Kier alpha value is -1.57. The SMILES string of the molecule is O=C(c1cncnc1)N1CCCC(C2CC(CCO)NN2)C1. The van der Waals surface area contributed by atoms with Crippen molar-refractivity contribution in [1.29, 1.82) is 0 Å². The molecule has 0 spiro atoms. The Balaban J connectivity index is 1.59. The van der Waals surface area contributed by atoms with E-state index in [1.807, 2.05) is 4.90 Å². The van der Waals surface area contributed by atoms with E-state index in [4.69, 9.17) is 5.11 Å². The molecule has 120 valence electrons. The summed E-state index contributed by atoms with van der Waals surface area (Å²) < 4.78 is 0. The van der Waals surface area contributed by atoms with E-state index in [1.54, 1.807) is 12.4 Å². The molecule has 3 heterocycles. The molecule has 0 bridgehead atoms. The highest BCUT2D eigenvalue weighted by atomic mass is 16.3. The number of amides is 1. The molecule has 3 atom stereocenters. The van der Waals surface area contributed by atoms with Crippen LogP contribution in [-0.4, -0.2) is 57.7 Å². The van der Waals surface area contributed by atoms with E-state index in [2.05, 4.69) is 20.8 Å². The molecule has 2 saturated heterocycles. The fraction of sp³-hybridized carbons (Fsp3) is 0.667. The normalized spacial score (nSPS) is 28.8. The van der Waals surface area contributed by atoms with Gasteiger partial charge in [-0.3, -0.25) is 15.6 Å². The monoisotopic (exact) mass is 305 g/mol. The van der Waals surface area contributed by atoms with Gasteiger partial charge in [-0.25, -0.2) is 9.97 Å². The number of hydrogen-bond donors (Lipinski definition) is 3. The van der Waals surface area contributed by atoms with Gasteiger partial charge in [-0.05, 0) is 31.6 Å². The largest absolute Gasteiger partial charge is 0.396 e. The van der Waals surface area contributed by atoms with E-state index < -0.39 is 0 Å². The molecule has 7 nitrogen and oxygen atoms in total. The standard InChI is InChI=1S/C15H23N5O2/c21-5-3-13-6-14(19-18-13)11-2-1-4-20(9-11)15(22)12-7-16-10-17-8-12/h7-8,10-11,13-14,18-19,21H,1-6,9H2. The quantitative estimate of drug-likeness (QED) is 0.722. The van der Waals surface area contributed by atoms with Gasteiger partial charge in [0.05, 0.1) is 5.56 Å². The topological polar surface area (TPSA) is 90.4 Å². The van der Waals surface area contributed by atoms with Crippen LogP contribution in [0.15, 0.2) is 18.7 Å². The predicted octanol–water partition coefficient (Wildman–Crippen LogP) is -0.0537. The van der Waals surface area contributed by atoms with Crippen LogP contribution in [0.5, 0.6) is 0 Å². The molecule has 0 aromatic carbocycles. The number of rotatable bonds is 4. The molecule has 1 aromatic heterocycles. The summed E-state index contributed by atoms with van der Waals surface area (Å²) in [6, 6.07) is 0.683. The molecular weight excluding hydrogens is 282 g/mol. The summed E-state index contributed by atoms with van der Waals surface area (Å²) in [5, 5.41) is 9.03. The number of nitrogens with one attached hydrogen (secondary N) is 2. The lowest BCUT2D eigenvalue weighted by molar-refractivity contribution is 0.0648. The third-order valence-electron chi connectivity index (χ3n) is 4.61. The van der Waals surface area contributed by atoms with Gasteiger partial charge < -0.3 is 10.0 Å². The number of aliphatic hydroxyl groups is 1. The molecule has 2 fully saturated rings. The molecule has 2 aliphatic heterocycles. The van der Waals surface area contributed by atoms with Gasteiger partial charge in [-0.15, -0.1) is 0 Å². The van der Waals surface area contributed by atoms with Crippen molar-refractivity contribution in [1.82, 2.24) is 25.7 Å². The van der Waals surface area contributed by atoms with Crippen LogP contribution in [0.3, 0.4) is 0 Å². The molecule has 3 rings (SSSR count). The second-order valence-electron chi connectivity index (χ2n) is 6.12. The average Bonchev–Trinajstić information content (AvgIpc) is 3.04. The highest BCUT2D eigenvalue weighted by Gasteiger charge is 2.34. The van der Waals surface area contributed by atoms with Gasteiger partial charge in [0.2, 0.25) is 0 Å². The van der Waals surface area contributed by atoms with Gasteiger partial charge in [0.15, 0.2) is 0 Å². The molecule has 1 aromatic rings. The van der Waals surface area contributed by atoms with Crippen molar-refractivity contribution in [2.45, 2.75) is 37.8 Å². The number of likely N-dealkylation sites (tertiary alicyclic amines) is 1. The van der Waals surface area contributed by atoms with Crippen molar-refractivity contribution in [2.24, 2.45) is 5.92 Å². The Morgan fingerprint density at radius 3 is 2.95 bits per heavy atom. The van der Waals surface area contributed by atoms with Crippen molar-refractivity contribution >= 4 is 5.91 Å². The van der Waals surface area contributed by atoms with Crippen molar-refractivity contribution in [2.75, 3.05) is 19.7 Å². The van der Waals surface area contributed by atoms with E-state index >= 15 is 0 Å². The summed E-state index contributed by atoms with van der Waals surface area (Å²) in [5.41, 5.74) is 7.14. The van der Waals surface area contributed by atoms with Crippen LogP contribution in [0, 0.1) is 5.92 Å². The summed E-state index contributed by atoms with van der Waals surface area (Å²) >= 11 is 0. The average molecular weight is 305 g/mol. The molecule has 3 unspecified atom stereocenters. The third kappa shape index (κ3) is 3.43. The van der Waals surface area contributed by atoms with Crippen LogP contribution in [0.2, 0.25) is 0 Å². The summed E-state index contributed by atoms with van der Waals surface area (Å²) in [6.07, 6.45) is 8.50. The van der Waals surface area contributed by atoms with Crippen molar-refractivity contribution in [3.63, 3.8) is 0 Å². The van der Waals surface area contributed by atoms with Gasteiger partial charge in [0.25, 0.3) is 5.91 Å². The van der Waals surface area contributed by atoms with Gasteiger partial charge in [-0.2, -0.15) is 0 Å². The maximum Gasteiger partial charge on any atom is 0.257 e. The van der Waals surface area contributed by atoms with E-state index in [0.717, 1.165) is 38.8 Å². The second kappa shape index (κ2) is 7.13. The summed E-state index contributed by atoms with van der Waals surface area (Å²) in [5.74, 6) is 0.460.